The summed E-state index contributed by atoms with van der Waals surface area (Å²) < 4.78 is 19.9. The maximum atomic E-state index is 13.4. The van der Waals surface area contributed by atoms with Gasteiger partial charge in [0.25, 0.3) is 0 Å². The number of rotatable bonds is 5. The number of benzene rings is 3. The van der Waals surface area contributed by atoms with Gasteiger partial charge in [-0.2, -0.15) is 5.26 Å². The average molecular weight is 443 g/mol. The molecule has 0 N–H and O–H groups in total. The van der Waals surface area contributed by atoms with Crippen LogP contribution in [0.3, 0.4) is 0 Å². The first-order valence-corrected chi connectivity index (χ1v) is 9.27. The summed E-state index contributed by atoms with van der Waals surface area (Å²) in [5, 5.41) is 9.84. The predicted octanol–water partition coefficient (Wildman–Crippen LogP) is 6.88. The van der Waals surface area contributed by atoms with Crippen molar-refractivity contribution < 1.29 is 9.13 Å². The summed E-state index contributed by atoms with van der Waals surface area (Å²) in [7, 11) is 0. The fraction of sp³-hybridized carbons (Fsp3) is 0.0455. The van der Waals surface area contributed by atoms with Gasteiger partial charge in [-0.1, -0.05) is 54.1 Å². The summed E-state index contributed by atoms with van der Waals surface area (Å²) in [4.78, 5) is 0. The molecule has 3 rings (SSSR count). The zero-order chi connectivity index (χ0) is 19.2. The van der Waals surface area contributed by atoms with Crippen LogP contribution in [0.25, 0.3) is 11.6 Å². The summed E-state index contributed by atoms with van der Waals surface area (Å²) in [6, 6.07) is 21.3. The van der Waals surface area contributed by atoms with Crippen LogP contribution in [-0.2, 0) is 6.61 Å². The minimum Gasteiger partial charge on any atom is -0.486 e. The van der Waals surface area contributed by atoms with Gasteiger partial charge in [0, 0.05) is 0 Å². The average Bonchev–Trinajstić information content (AvgIpc) is 2.66. The molecular weight excluding hydrogens is 429 g/mol. The molecule has 27 heavy (non-hydrogen) atoms. The molecule has 0 aliphatic rings. The highest BCUT2D eigenvalue weighted by molar-refractivity contribution is 9.10. The summed E-state index contributed by atoms with van der Waals surface area (Å²) in [5.41, 5.74) is 2.59. The van der Waals surface area contributed by atoms with Gasteiger partial charge in [0.15, 0.2) is 5.75 Å². The van der Waals surface area contributed by atoms with E-state index in [4.69, 9.17) is 16.3 Å². The molecule has 0 radical (unpaired) electrons. The predicted molar refractivity (Wildman–Crippen MR) is 110 cm³/mol. The van der Waals surface area contributed by atoms with Crippen LogP contribution in [0.1, 0.15) is 16.7 Å². The molecule has 0 saturated heterocycles. The minimum atomic E-state index is -0.391. The third-order valence-corrected chi connectivity index (χ3v) is 4.68. The molecule has 0 bridgehead atoms. The number of ether oxygens (including phenoxy) is 1. The van der Waals surface area contributed by atoms with Crippen LogP contribution >= 0.6 is 27.5 Å². The highest BCUT2D eigenvalue weighted by Gasteiger charge is 2.10. The van der Waals surface area contributed by atoms with Crippen LogP contribution in [-0.4, -0.2) is 0 Å². The Hall–Kier alpha value is -2.61. The Balaban J connectivity index is 1.86. The van der Waals surface area contributed by atoms with Gasteiger partial charge in [0.1, 0.15) is 12.4 Å². The van der Waals surface area contributed by atoms with E-state index in [-0.39, 0.29) is 0 Å². The first-order valence-electron chi connectivity index (χ1n) is 8.10. The number of hydrogen-bond acceptors (Lipinski definition) is 2. The molecule has 0 heterocycles. The summed E-state index contributed by atoms with van der Waals surface area (Å²) in [6.07, 6.45) is 1.66. The maximum absolute atomic E-state index is 13.4. The largest absolute Gasteiger partial charge is 0.486 e. The second-order valence-electron chi connectivity index (χ2n) is 5.77. The van der Waals surface area contributed by atoms with Crippen LogP contribution in [0.2, 0.25) is 5.02 Å². The van der Waals surface area contributed by atoms with E-state index < -0.39 is 5.82 Å². The van der Waals surface area contributed by atoms with E-state index in [1.54, 1.807) is 24.3 Å². The SMILES string of the molecule is N#C/C(=C/c1cc(Cl)c(OCc2ccccc2)c(Br)c1)c1cccc(F)c1. The highest BCUT2D eigenvalue weighted by atomic mass is 79.9. The quantitative estimate of drug-likeness (QED) is 0.318. The van der Waals surface area contributed by atoms with E-state index in [9.17, 15) is 9.65 Å². The number of nitriles is 1. The summed E-state index contributed by atoms with van der Waals surface area (Å²) in [6.45, 7) is 0.390. The van der Waals surface area contributed by atoms with Crippen molar-refractivity contribution in [3.05, 3.63) is 98.7 Å². The molecule has 0 fully saturated rings. The normalized spacial score (nSPS) is 11.1. The zero-order valence-corrected chi connectivity index (χ0v) is 16.5. The lowest BCUT2D eigenvalue weighted by molar-refractivity contribution is 0.304. The van der Waals surface area contributed by atoms with Crippen molar-refractivity contribution in [1.29, 1.82) is 5.26 Å². The molecule has 0 aliphatic carbocycles. The first kappa shape index (κ1) is 19.2. The van der Waals surface area contributed by atoms with Gasteiger partial charge in [-0.05, 0) is 63.0 Å². The smallest absolute Gasteiger partial charge is 0.152 e. The van der Waals surface area contributed by atoms with Crippen molar-refractivity contribution in [3.63, 3.8) is 0 Å². The standard InChI is InChI=1S/C22H14BrClFNO/c23-20-10-16(9-18(13-26)17-7-4-8-19(25)12-17)11-21(24)22(20)27-14-15-5-2-1-3-6-15/h1-12H,14H2/b18-9-. The lowest BCUT2D eigenvalue weighted by Gasteiger charge is -2.11. The van der Waals surface area contributed by atoms with E-state index in [1.807, 2.05) is 36.4 Å². The van der Waals surface area contributed by atoms with Crippen molar-refractivity contribution in [2.24, 2.45) is 0 Å². The van der Waals surface area contributed by atoms with Gasteiger partial charge in [-0.3, -0.25) is 0 Å². The molecule has 3 aromatic rings. The van der Waals surface area contributed by atoms with Crippen LogP contribution in [0.15, 0.2) is 71.2 Å². The monoisotopic (exact) mass is 441 g/mol. The molecule has 134 valence electrons. The highest BCUT2D eigenvalue weighted by Crippen LogP contribution is 2.36. The third-order valence-electron chi connectivity index (χ3n) is 3.81. The Labute approximate surface area is 170 Å². The van der Waals surface area contributed by atoms with Crippen molar-refractivity contribution >= 4 is 39.2 Å². The molecule has 0 unspecified atom stereocenters. The molecule has 0 spiro atoms. The van der Waals surface area contributed by atoms with Crippen molar-refractivity contribution in [2.75, 3.05) is 0 Å². The molecule has 0 aromatic heterocycles. The molecule has 0 saturated carbocycles. The van der Waals surface area contributed by atoms with Crippen molar-refractivity contribution in [2.45, 2.75) is 6.61 Å². The lowest BCUT2D eigenvalue weighted by Crippen LogP contribution is -1.97. The minimum absolute atomic E-state index is 0.343. The van der Waals surface area contributed by atoms with Crippen LogP contribution < -0.4 is 4.74 Å². The molecule has 2 nitrogen and oxygen atoms in total. The van der Waals surface area contributed by atoms with Gasteiger partial charge >= 0.3 is 0 Å². The second kappa shape index (κ2) is 8.85. The van der Waals surface area contributed by atoms with Crippen LogP contribution in [0.5, 0.6) is 5.75 Å². The number of allylic oxidation sites excluding steroid dienone is 1. The van der Waals surface area contributed by atoms with Crippen LogP contribution in [0, 0.1) is 17.1 Å². The Morgan fingerprint density at radius 1 is 1.11 bits per heavy atom. The fourth-order valence-corrected chi connectivity index (χ4v) is 3.52. The van der Waals surface area contributed by atoms with E-state index in [0.29, 0.717) is 38.6 Å². The first-order chi connectivity index (χ1) is 13.1. The third kappa shape index (κ3) is 4.97. The maximum Gasteiger partial charge on any atom is 0.152 e. The van der Waals surface area contributed by atoms with Gasteiger partial charge in [0.2, 0.25) is 0 Å². The number of nitrogens with zero attached hydrogens (tertiary/aromatic N) is 1. The van der Waals surface area contributed by atoms with Gasteiger partial charge in [0.05, 0.1) is 21.1 Å². The topological polar surface area (TPSA) is 33.0 Å². The second-order valence-corrected chi connectivity index (χ2v) is 7.03. The summed E-state index contributed by atoms with van der Waals surface area (Å²) in [5.74, 6) is 0.138. The van der Waals surface area contributed by atoms with E-state index >= 15 is 0 Å². The molecule has 3 aromatic carbocycles. The summed E-state index contributed by atoms with van der Waals surface area (Å²) >= 11 is 9.84. The van der Waals surface area contributed by atoms with Gasteiger partial charge in [-0.25, -0.2) is 4.39 Å². The number of hydrogen-bond donors (Lipinski definition) is 0. The Morgan fingerprint density at radius 3 is 2.56 bits per heavy atom. The fourth-order valence-electron chi connectivity index (χ4n) is 2.53. The molecule has 5 heteroatoms. The molecular formula is C22H14BrClFNO. The van der Waals surface area contributed by atoms with Crippen molar-refractivity contribution in [3.8, 4) is 11.8 Å². The Bertz CT molecular complexity index is 1000. The number of halogens is 3. The molecule has 0 amide bonds. The Kier molecular flexibility index (Phi) is 6.28. The van der Waals surface area contributed by atoms with E-state index in [0.717, 1.165) is 5.56 Å². The van der Waals surface area contributed by atoms with E-state index in [1.165, 1.54) is 12.1 Å². The van der Waals surface area contributed by atoms with Gasteiger partial charge < -0.3 is 4.74 Å². The van der Waals surface area contributed by atoms with Crippen molar-refractivity contribution in [1.82, 2.24) is 0 Å². The molecule has 0 aliphatic heterocycles. The molecule has 0 atom stereocenters. The van der Waals surface area contributed by atoms with Crippen LogP contribution in [0.4, 0.5) is 4.39 Å². The van der Waals surface area contributed by atoms with Gasteiger partial charge in [-0.15, -0.1) is 0 Å². The lowest BCUT2D eigenvalue weighted by atomic mass is 10.0. The zero-order valence-electron chi connectivity index (χ0n) is 14.1. The Morgan fingerprint density at radius 2 is 1.89 bits per heavy atom. The van der Waals surface area contributed by atoms with E-state index in [2.05, 4.69) is 22.0 Å².